The number of ether oxygens (including phenoxy) is 4. The number of methoxy groups -OCH3 is 2. The van der Waals surface area contributed by atoms with Crippen LogP contribution in [0, 0.1) is 0 Å². The van der Waals surface area contributed by atoms with Crippen molar-refractivity contribution in [2.75, 3.05) is 27.4 Å². The van der Waals surface area contributed by atoms with Crippen LogP contribution in [0.2, 0.25) is 0 Å². The molecular formula is C36H41NO8. The number of fused-ring (bicyclic) bond motifs is 1. The predicted octanol–water partition coefficient (Wildman–Crippen LogP) is 5.96. The molecular weight excluding hydrogens is 574 g/mol. The van der Waals surface area contributed by atoms with Gasteiger partial charge in [0.2, 0.25) is 0 Å². The number of piperidine rings is 1. The Morgan fingerprint density at radius 3 is 2.51 bits per heavy atom. The van der Waals surface area contributed by atoms with Crippen molar-refractivity contribution in [2.45, 2.75) is 69.9 Å². The lowest BCUT2D eigenvalue weighted by Crippen LogP contribution is -2.49. The van der Waals surface area contributed by atoms with Crippen molar-refractivity contribution in [1.82, 2.24) is 4.90 Å². The van der Waals surface area contributed by atoms with E-state index in [2.05, 4.69) is 6.07 Å². The number of aryl methyl sites for hydroxylation is 2. The van der Waals surface area contributed by atoms with Gasteiger partial charge in [-0.05, 0) is 110 Å². The maximum atomic E-state index is 14.0. The maximum absolute atomic E-state index is 14.0. The van der Waals surface area contributed by atoms with Gasteiger partial charge in [-0.15, -0.1) is 0 Å². The van der Waals surface area contributed by atoms with Gasteiger partial charge in [-0.25, -0.2) is 9.59 Å². The van der Waals surface area contributed by atoms with Crippen molar-refractivity contribution < 1.29 is 38.4 Å². The second-order valence-corrected chi connectivity index (χ2v) is 11.6. The highest BCUT2D eigenvalue weighted by molar-refractivity contribution is 5.98. The molecule has 0 bridgehead atoms. The highest BCUT2D eigenvalue weighted by Crippen LogP contribution is 2.33. The van der Waals surface area contributed by atoms with Crippen LogP contribution in [-0.4, -0.2) is 61.3 Å². The SMILES string of the molecule is COc1ccc(CC[C@@H](OC(=O)[C@@H]2CCCCN2C(=O)c2cccc3c2CCCC3)c2cccc(OCC(=O)O)c2)cc1OC. The Hall–Kier alpha value is -4.53. The van der Waals surface area contributed by atoms with Crippen molar-refractivity contribution in [3.63, 3.8) is 0 Å². The first kappa shape index (κ1) is 31.9. The normalized spacial score (nSPS) is 16.7. The van der Waals surface area contributed by atoms with Gasteiger partial charge in [0, 0.05) is 12.1 Å². The number of carbonyl (C=O) groups is 3. The van der Waals surface area contributed by atoms with E-state index in [4.69, 9.17) is 24.1 Å². The minimum absolute atomic E-state index is 0.110. The summed E-state index contributed by atoms with van der Waals surface area (Å²) in [5.74, 6) is -0.0476. The van der Waals surface area contributed by atoms with Crippen molar-refractivity contribution >= 4 is 17.8 Å². The van der Waals surface area contributed by atoms with E-state index in [-0.39, 0.29) is 5.91 Å². The van der Waals surface area contributed by atoms with E-state index in [9.17, 15) is 14.4 Å². The number of amides is 1. The van der Waals surface area contributed by atoms with Gasteiger partial charge in [0.1, 0.15) is 17.9 Å². The maximum Gasteiger partial charge on any atom is 0.341 e. The third-order valence-corrected chi connectivity index (χ3v) is 8.66. The van der Waals surface area contributed by atoms with Crippen LogP contribution >= 0.6 is 0 Å². The fourth-order valence-corrected chi connectivity index (χ4v) is 6.35. The summed E-state index contributed by atoms with van der Waals surface area (Å²) < 4.78 is 22.5. The molecule has 45 heavy (non-hydrogen) atoms. The molecule has 0 spiro atoms. The number of carbonyl (C=O) groups excluding carboxylic acids is 2. The number of hydrogen-bond acceptors (Lipinski definition) is 7. The number of nitrogens with zero attached hydrogens (tertiary/aromatic N) is 1. The van der Waals surface area contributed by atoms with E-state index in [0.717, 1.165) is 49.7 Å². The van der Waals surface area contributed by atoms with E-state index in [1.807, 2.05) is 36.4 Å². The van der Waals surface area contributed by atoms with Crippen molar-refractivity contribution in [1.29, 1.82) is 0 Å². The molecule has 3 aromatic carbocycles. The van der Waals surface area contributed by atoms with Gasteiger partial charge >= 0.3 is 11.9 Å². The molecule has 0 unspecified atom stereocenters. The van der Waals surface area contributed by atoms with Crippen LogP contribution in [0.4, 0.5) is 0 Å². The van der Waals surface area contributed by atoms with E-state index in [1.54, 1.807) is 37.3 Å². The molecule has 1 saturated heterocycles. The van der Waals surface area contributed by atoms with Crippen molar-refractivity contribution in [2.24, 2.45) is 0 Å². The average Bonchev–Trinajstić information content (AvgIpc) is 3.08. The fraction of sp³-hybridized carbons (Fsp3) is 0.417. The Balaban J connectivity index is 1.38. The summed E-state index contributed by atoms with van der Waals surface area (Å²) in [4.78, 5) is 40.7. The number of benzene rings is 3. The number of esters is 1. The summed E-state index contributed by atoms with van der Waals surface area (Å²) in [6, 6.07) is 17.9. The fourth-order valence-electron chi connectivity index (χ4n) is 6.35. The Kier molecular flexibility index (Phi) is 10.6. The van der Waals surface area contributed by atoms with Gasteiger partial charge in [0.25, 0.3) is 5.91 Å². The smallest absolute Gasteiger partial charge is 0.341 e. The summed E-state index contributed by atoms with van der Waals surface area (Å²) in [5.41, 5.74) is 4.67. The van der Waals surface area contributed by atoms with Crippen LogP contribution in [-0.2, 0) is 33.6 Å². The lowest BCUT2D eigenvalue weighted by atomic mass is 9.87. The minimum Gasteiger partial charge on any atom is -0.493 e. The highest BCUT2D eigenvalue weighted by atomic mass is 16.5. The van der Waals surface area contributed by atoms with Gasteiger partial charge in [-0.3, -0.25) is 4.79 Å². The second-order valence-electron chi connectivity index (χ2n) is 11.6. The zero-order valence-electron chi connectivity index (χ0n) is 26.0. The number of carboxylic acids is 1. The van der Waals surface area contributed by atoms with Crippen molar-refractivity contribution in [3.8, 4) is 17.2 Å². The van der Waals surface area contributed by atoms with Gasteiger partial charge in [0.05, 0.1) is 14.2 Å². The van der Waals surface area contributed by atoms with Crippen LogP contribution in [0.25, 0.3) is 0 Å². The van der Waals surface area contributed by atoms with Crippen LogP contribution in [0.15, 0.2) is 60.7 Å². The summed E-state index contributed by atoms with van der Waals surface area (Å²) in [6.07, 6.45) is 6.54. The topological polar surface area (TPSA) is 112 Å². The van der Waals surface area contributed by atoms with Crippen LogP contribution in [0.3, 0.4) is 0 Å². The Morgan fingerprint density at radius 2 is 1.71 bits per heavy atom. The molecule has 1 fully saturated rings. The summed E-state index contributed by atoms with van der Waals surface area (Å²) in [7, 11) is 3.16. The Labute approximate surface area is 264 Å². The zero-order chi connectivity index (χ0) is 31.8. The predicted molar refractivity (Wildman–Crippen MR) is 168 cm³/mol. The van der Waals surface area contributed by atoms with Gasteiger partial charge in [-0.2, -0.15) is 0 Å². The first-order valence-electron chi connectivity index (χ1n) is 15.7. The third-order valence-electron chi connectivity index (χ3n) is 8.66. The van der Waals surface area contributed by atoms with Crippen LogP contribution in [0.1, 0.15) is 77.2 Å². The first-order chi connectivity index (χ1) is 21.9. The molecule has 5 rings (SSSR count). The van der Waals surface area contributed by atoms with E-state index in [1.165, 1.54) is 5.56 Å². The zero-order valence-corrected chi connectivity index (χ0v) is 26.0. The largest absolute Gasteiger partial charge is 0.493 e. The average molecular weight is 616 g/mol. The van der Waals surface area contributed by atoms with Gasteiger partial charge < -0.3 is 29.0 Å². The molecule has 1 heterocycles. The van der Waals surface area contributed by atoms with E-state index >= 15 is 0 Å². The molecule has 2 atom stereocenters. The Morgan fingerprint density at radius 1 is 0.911 bits per heavy atom. The molecule has 1 aliphatic carbocycles. The number of aliphatic carboxylic acids is 1. The standard InChI is InChI=1S/C36H41NO8/c1-42-32-19-17-24(21-33(32)43-2)16-18-31(26-11-7-12-27(22-26)44-23-34(38)39)45-36(41)30-15-5-6-20-37(30)35(40)29-14-8-10-25-9-3-4-13-28(25)29/h7-8,10-12,14,17,19,21-22,30-31H,3-6,9,13,15-16,18,20,23H2,1-2H3,(H,38,39)/t30-,31+/m0/s1. The molecule has 3 aromatic rings. The van der Waals surface area contributed by atoms with Crippen LogP contribution in [0.5, 0.6) is 17.2 Å². The molecule has 1 N–H and O–H groups in total. The highest BCUT2D eigenvalue weighted by Gasteiger charge is 2.36. The van der Waals surface area contributed by atoms with E-state index < -0.39 is 30.7 Å². The summed E-state index contributed by atoms with van der Waals surface area (Å²) in [5, 5.41) is 9.08. The molecule has 238 valence electrons. The lowest BCUT2D eigenvalue weighted by molar-refractivity contribution is -0.156. The third kappa shape index (κ3) is 7.77. The molecule has 0 saturated carbocycles. The Bertz CT molecular complexity index is 1520. The van der Waals surface area contributed by atoms with Gasteiger partial charge in [-0.1, -0.05) is 30.3 Å². The number of rotatable bonds is 12. The molecule has 0 aromatic heterocycles. The second kappa shape index (κ2) is 15.0. The number of likely N-dealkylation sites (tertiary alicyclic amines) is 1. The van der Waals surface area contributed by atoms with Crippen molar-refractivity contribution in [3.05, 3.63) is 88.5 Å². The lowest BCUT2D eigenvalue weighted by Gasteiger charge is -2.36. The quantitative estimate of drug-likeness (QED) is 0.249. The molecule has 0 radical (unpaired) electrons. The molecule has 9 nitrogen and oxygen atoms in total. The number of carboxylic acid groups (broad SMARTS) is 1. The summed E-state index contributed by atoms with van der Waals surface area (Å²) >= 11 is 0. The minimum atomic E-state index is -1.08. The molecule has 2 aliphatic rings. The molecule has 1 aliphatic heterocycles. The van der Waals surface area contributed by atoms with E-state index in [0.29, 0.717) is 54.2 Å². The summed E-state index contributed by atoms with van der Waals surface area (Å²) in [6.45, 7) is 0.0129. The molecule has 9 heteroatoms. The number of hydrogen-bond donors (Lipinski definition) is 1. The van der Waals surface area contributed by atoms with Crippen LogP contribution < -0.4 is 14.2 Å². The first-order valence-corrected chi connectivity index (χ1v) is 15.7. The monoisotopic (exact) mass is 615 g/mol. The van der Waals surface area contributed by atoms with Gasteiger partial charge in [0.15, 0.2) is 18.1 Å². The molecule has 1 amide bonds.